The second kappa shape index (κ2) is 9.97. The van der Waals surface area contributed by atoms with Gasteiger partial charge in [-0.3, -0.25) is 4.79 Å². The number of nitrogens with zero attached hydrogens (tertiary/aromatic N) is 3. The summed E-state index contributed by atoms with van der Waals surface area (Å²) in [7, 11) is 0. The van der Waals surface area contributed by atoms with Crippen molar-refractivity contribution in [3.05, 3.63) is 72.1 Å². The van der Waals surface area contributed by atoms with Gasteiger partial charge in [-0.15, -0.1) is 21.5 Å². The summed E-state index contributed by atoms with van der Waals surface area (Å²) in [5, 5.41) is 14.4. The first-order chi connectivity index (χ1) is 14.7. The summed E-state index contributed by atoms with van der Waals surface area (Å²) in [5.74, 6) is 1.05. The van der Waals surface area contributed by atoms with Gasteiger partial charge < -0.3 is 9.88 Å². The van der Waals surface area contributed by atoms with E-state index in [1.807, 2.05) is 64.5 Å². The molecule has 1 amide bonds. The van der Waals surface area contributed by atoms with E-state index in [0.717, 1.165) is 37.9 Å². The Kier molecular flexibility index (Phi) is 6.88. The lowest BCUT2D eigenvalue weighted by Crippen LogP contribution is -2.15. The predicted octanol–water partition coefficient (Wildman–Crippen LogP) is 5.91. The highest BCUT2D eigenvalue weighted by Crippen LogP contribution is 2.33. The second-order valence-corrected chi connectivity index (χ2v) is 9.28. The van der Waals surface area contributed by atoms with Gasteiger partial charge in [-0.25, -0.2) is 0 Å². The Bertz CT molecular complexity index is 1110. The Morgan fingerprint density at radius 2 is 1.83 bits per heavy atom. The zero-order valence-corrected chi connectivity index (χ0v) is 18.8. The number of anilines is 1. The van der Waals surface area contributed by atoms with Crippen molar-refractivity contribution in [2.75, 3.05) is 11.1 Å². The molecule has 2 aromatic heterocycles. The third kappa shape index (κ3) is 4.95. The molecule has 0 spiro atoms. The van der Waals surface area contributed by atoms with Crippen molar-refractivity contribution in [1.82, 2.24) is 14.8 Å². The van der Waals surface area contributed by atoms with Crippen molar-refractivity contribution in [2.45, 2.75) is 28.4 Å². The summed E-state index contributed by atoms with van der Waals surface area (Å²) < 4.78 is 2.04. The summed E-state index contributed by atoms with van der Waals surface area (Å²) in [6, 6.07) is 22.0. The molecule has 152 valence electrons. The maximum atomic E-state index is 12.6. The van der Waals surface area contributed by atoms with Crippen LogP contribution < -0.4 is 5.32 Å². The number of para-hydroxylation sites is 1. The Labute approximate surface area is 187 Å². The molecule has 2 aromatic carbocycles. The molecule has 4 rings (SSSR count). The first-order valence-corrected chi connectivity index (χ1v) is 12.1. The van der Waals surface area contributed by atoms with Crippen molar-refractivity contribution in [3.63, 3.8) is 0 Å². The van der Waals surface area contributed by atoms with Crippen molar-refractivity contribution in [1.29, 1.82) is 0 Å². The molecule has 0 radical (unpaired) electrons. The van der Waals surface area contributed by atoms with E-state index < -0.39 is 0 Å². The van der Waals surface area contributed by atoms with Gasteiger partial charge >= 0.3 is 0 Å². The van der Waals surface area contributed by atoms with E-state index in [1.165, 1.54) is 11.8 Å². The summed E-state index contributed by atoms with van der Waals surface area (Å²) in [6.07, 6.45) is 0. The van der Waals surface area contributed by atoms with Crippen LogP contribution in [0.2, 0.25) is 0 Å². The predicted molar refractivity (Wildman–Crippen MR) is 125 cm³/mol. The van der Waals surface area contributed by atoms with Crippen molar-refractivity contribution in [2.24, 2.45) is 0 Å². The summed E-state index contributed by atoms with van der Waals surface area (Å²) >= 11 is 4.67. The van der Waals surface area contributed by atoms with Crippen LogP contribution in [0.3, 0.4) is 0 Å². The fourth-order valence-electron chi connectivity index (χ4n) is 2.86. The van der Waals surface area contributed by atoms with Crippen LogP contribution in [0.15, 0.2) is 87.1 Å². The number of carbonyl (C=O) groups is 1. The van der Waals surface area contributed by atoms with E-state index in [-0.39, 0.29) is 11.7 Å². The number of carbonyl (C=O) groups excluding carboxylic acids is 1. The van der Waals surface area contributed by atoms with E-state index in [9.17, 15) is 4.79 Å². The van der Waals surface area contributed by atoms with Crippen molar-refractivity contribution >= 4 is 46.5 Å². The van der Waals surface area contributed by atoms with E-state index in [2.05, 4.69) is 34.6 Å². The minimum Gasteiger partial charge on any atom is -0.324 e. The Balaban J connectivity index is 1.42. The zero-order chi connectivity index (χ0) is 20.8. The molecule has 0 aliphatic heterocycles. The molecule has 0 aliphatic carbocycles. The third-order valence-electron chi connectivity index (χ3n) is 4.24. The average Bonchev–Trinajstić information content (AvgIpc) is 3.44. The topological polar surface area (TPSA) is 59.8 Å². The number of hydrogen-bond donors (Lipinski definition) is 1. The molecule has 2 heterocycles. The molecule has 0 aliphatic rings. The average molecular weight is 453 g/mol. The summed E-state index contributed by atoms with van der Waals surface area (Å²) in [4.78, 5) is 15.8. The van der Waals surface area contributed by atoms with Crippen LogP contribution in [-0.2, 0) is 11.3 Å². The normalized spacial score (nSPS) is 10.8. The lowest BCUT2D eigenvalue weighted by molar-refractivity contribution is -0.113. The number of thiophene rings is 1. The molecule has 5 nitrogen and oxygen atoms in total. The highest BCUT2D eigenvalue weighted by molar-refractivity contribution is 8.00. The SMILES string of the molecule is CCn1c(SCC(=O)Nc2ccccc2Sc2ccccc2)nnc1-c1cccs1. The zero-order valence-electron chi connectivity index (χ0n) is 16.3. The maximum Gasteiger partial charge on any atom is 0.234 e. The molecule has 4 aromatic rings. The van der Waals surface area contributed by atoms with Crippen LogP contribution in [0.1, 0.15) is 6.92 Å². The maximum absolute atomic E-state index is 12.6. The highest BCUT2D eigenvalue weighted by atomic mass is 32.2. The van der Waals surface area contributed by atoms with Crippen LogP contribution in [-0.4, -0.2) is 26.4 Å². The quantitative estimate of drug-likeness (QED) is 0.337. The number of thioether (sulfide) groups is 1. The second-order valence-electron chi connectivity index (χ2n) is 6.28. The van der Waals surface area contributed by atoms with Gasteiger partial charge in [-0.2, -0.15) is 0 Å². The Hall–Kier alpha value is -2.55. The van der Waals surface area contributed by atoms with E-state index in [4.69, 9.17) is 0 Å². The minimum absolute atomic E-state index is 0.0653. The van der Waals surface area contributed by atoms with Gasteiger partial charge in [0.25, 0.3) is 0 Å². The van der Waals surface area contributed by atoms with Gasteiger partial charge in [0, 0.05) is 16.3 Å². The molecular formula is C22H20N4OS3. The number of nitrogens with one attached hydrogen (secondary N) is 1. The lowest BCUT2D eigenvalue weighted by Gasteiger charge is -2.11. The van der Waals surface area contributed by atoms with Gasteiger partial charge in [0.1, 0.15) is 0 Å². The molecule has 0 fully saturated rings. The van der Waals surface area contributed by atoms with Gasteiger partial charge in [-0.05, 0) is 42.6 Å². The molecule has 0 atom stereocenters. The molecule has 30 heavy (non-hydrogen) atoms. The van der Waals surface area contributed by atoms with Crippen molar-refractivity contribution < 1.29 is 4.79 Å². The van der Waals surface area contributed by atoms with E-state index in [1.54, 1.807) is 23.1 Å². The lowest BCUT2D eigenvalue weighted by atomic mass is 10.3. The third-order valence-corrected chi connectivity index (χ3v) is 7.16. The van der Waals surface area contributed by atoms with Crippen LogP contribution in [0.4, 0.5) is 5.69 Å². The van der Waals surface area contributed by atoms with Crippen LogP contribution >= 0.6 is 34.9 Å². The van der Waals surface area contributed by atoms with Crippen LogP contribution in [0, 0.1) is 0 Å². The molecule has 0 saturated carbocycles. The van der Waals surface area contributed by atoms with Crippen LogP contribution in [0.5, 0.6) is 0 Å². The number of amides is 1. The highest BCUT2D eigenvalue weighted by Gasteiger charge is 2.16. The Morgan fingerprint density at radius 1 is 1.03 bits per heavy atom. The van der Waals surface area contributed by atoms with Gasteiger partial charge in [0.05, 0.1) is 16.3 Å². The fourth-order valence-corrected chi connectivity index (χ4v) is 5.30. The van der Waals surface area contributed by atoms with E-state index in [0.29, 0.717) is 0 Å². The van der Waals surface area contributed by atoms with Gasteiger partial charge in [-0.1, -0.05) is 59.9 Å². The molecule has 1 N–H and O–H groups in total. The monoisotopic (exact) mass is 452 g/mol. The number of benzene rings is 2. The Morgan fingerprint density at radius 3 is 2.60 bits per heavy atom. The van der Waals surface area contributed by atoms with Crippen LogP contribution in [0.25, 0.3) is 10.7 Å². The number of rotatable bonds is 8. The smallest absolute Gasteiger partial charge is 0.234 e. The fraction of sp³-hybridized carbons (Fsp3) is 0.136. The molecule has 8 heteroatoms. The number of aromatic nitrogens is 3. The van der Waals surface area contributed by atoms with Crippen molar-refractivity contribution in [3.8, 4) is 10.7 Å². The first-order valence-electron chi connectivity index (χ1n) is 9.46. The first kappa shape index (κ1) is 20.7. The standard InChI is InChI=1S/C22H20N4OS3/c1-2-26-21(19-13-8-14-28-19)24-25-22(26)29-15-20(27)23-17-11-6-7-12-18(17)30-16-9-4-3-5-10-16/h3-14H,2,15H2,1H3,(H,23,27). The minimum atomic E-state index is -0.0653. The molecule has 0 unspecified atom stereocenters. The molecule has 0 bridgehead atoms. The van der Waals surface area contributed by atoms with Gasteiger partial charge in [0.15, 0.2) is 11.0 Å². The van der Waals surface area contributed by atoms with E-state index >= 15 is 0 Å². The molecular weight excluding hydrogens is 432 g/mol. The van der Waals surface area contributed by atoms with Gasteiger partial charge in [0.2, 0.25) is 5.91 Å². The molecule has 0 saturated heterocycles. The largest absolute Gasteiger partial charge is 0.324 e. The summed E-state index contributed by atoms with van der Waals surface area (Å²) in [6.45, 7) is 2.81. The summed E-state index contributed by atoms with van der Waals surface area (Å²) in [5.41, 5.74) is 0.813. The number of hydrogen-bond acceptors (Lipinski definition) is 6.